The van der Waals surface area contributed by atoms with E-state index >= 15 is 0 Å². The third-order valence-electron chi connectivity index (χ3n) is 3.44. The molecule has 0 radical (unpaired) electrons. The second-order valence-corrected chi connectivity index (χ2v) is 4.63. The molecule has 2 aromatic rings. The van der Waals surface area contributed by atoms with E-state index in [1.54, 1.807) is 11.6 Å². The predicted molar refractivity (Wildman–Crippen MR) is 75.6 cm³/mol. The maximum absolute atomic E-state index is 12.0. The second-order valence-electron chi connectivity index (χ2n) is 4.63. The Labute approximate surface area is 120 Å². The third kappa shape index (κ3) is 2.62. The van der Waals surface area contributed by atoms with Gasteiger partial charge in [-0.1, -0.05) is 0 Å². The van der Waals surface area contributed by atoms with Crippen LogP contribution >= 0.6 is 0 Å². The minimum Gasteiger partial charge on any atom is -0.400 e. The first-order chi connectivity index (χ1) is 10.1. The Balaban J connectivity index is 0.000000774. The van der Waals surface area contributed by atoms with Gasteiger partial charge in [-0.25, -0.2) is 4.98 Å². The molecule has 2 atom stereocenters. The Bertz CT molecular complexity index is 680. The Kier molecular flexibility index (Phi) is 4.56. The average molecular weight is 297 g/mol. The van der Waals surface area contributed by atoms with Crippen molar-refractivity contribution in [2.24, 2.45) is 7.05 Å². The Morgan fingerprint density at radius 2 is 2.19 bits per heavy atom. The number of anilines is 1. The summed E-state index contributed by atoms with van der Waals surface area (Å²) in [7, 11) is 2.55. The number of nitrogens with two attached hydrogens (primary N) is 1. The molecule has 21 heavy (non-hydrogen) atoms. The molecular weight excluding hydrogens is 278 g/mol. The molecule has 1 fully saturated rings. The highest BCUT2D eigenvalue weighted by atomic mass is 16.5. The smallest absolute Gasteiger partial charge is 0.282 e. The third-order valence-corrected chi connectivity index (χ3v) is 3.44. The van der Waals surface area contributed by atoms with E-state index in [1.165, 1.54) is 10.9 Å². The summed E-state index contributed by atoms with van der Waals surface area (Å²) in [5, 5.41) is 16.1. The minimum atomic E-state index is -0.280. The molecular formula is C12H19N5O4. The average Bonchev–Trinajstić information content (AvgIpc) is 3.13. The van der Waals surface area contributed by atoms with Gasteiger partial charge in [0.05, 0.1) is 19.0 Å². The second kappa shape index (κ2) is 6.20. The van der Waals surface area contributed by atoms with Crippen molar-refractivity contribution >= 4 is 17.1 Å². The van der Waals surface area contributed by atoms with Gasteiger partial charge in [0, 0.05) is 14.2 Å². The molecule has 1 aliphatic rings. The largest absolute Gasteiger partial charge is 0.400 e. The van der Waals surface area contributed by atoms with Crippen LogP contribution < -0.4 is 11.3 Å². The van der Waals surface area contributed by atoms with Gasteiger partial charge in [-0.3, -0.25) is 13.9 Å². The molecule has 3 rings (SSSR count). The van der Waals surface area contributed by atoms with Gasteiger partial charge in [0.25, 0.3) is 5.56 Å². The lowest BCUT2D eigenvalue weighted by molar-refractivity contribution is -0.0207. The lowest BCUT2D eigenvalue weighted by Gasteiger charge is -2.14. The first-order valence-corrected chi connectivity index (χ1v) is 6.52. The Morgan fingerprint density at radius 3 is 2.81 bits per heavy atom. The standard InChI is InChI=1S/C11H15N5O3.CH4O/c1-15-10(18)8-9(14-11(15)12)16(5-13-8)7-3-2-6(4-17)19-7;1-2/h5-7,17H,2-4H2,1H3,(H2,12,14);2H,1H3. The summed E-state index contributed by atoms with van der Waals surface area (Å²) >= 11 is 0. The zero-order valence-electron chi connectivity index (χ0n) is 11.9. The van der Waals surface area contributed by atoms with Gasteiger partial charge in [0.2, 0.25) is 5.95 Å². The molecule has 4 N–H and O–H groups in total. The normalized spacial score (nSPS) is 21.3. The van der Waals surface area contributed by atoms with Crippen LogP contribution in [0.4, 0.5) is 5.95 Å². The molecule has 3 heterocycles. The fourth-order valence-electron chi connectivity index (χ4n) is 2.30. The SMILES string of the molecule is CO.Cn1c(N)nc2c(ncn2C2CCC(CO)O2)c1=O. The quantitative estimate of drug-likeness (QED) is 0.647. The van der Waals surface area contributed by atoms with E-state index in [4.69, 9.17) is 20.7 Å². The summed E-state index contributed by atoms with van der Waals surface area (Å²) in [5.41, 5.74) is 6.11. The maximum atomic E-state index is 12.0. The molecule has 1 saturated heterocycles. The number of hydrogen-bond donors (Lipinski definition) is 3. The summed E-state index contributed by atoms with van der Waals surface area (Å²) in [5.74, 6) is 0.135. The monoisotopic (exact) mass is 297 g/mol. The van der Waals surface area contributed by atoms with E-state index < -0.39 is 0 Å². The number of hydrogen-bond acceptors (Lipinski definition) is 7. The number of aliphatic hydroxyl groups excluding tert-OH is 2. The number of imidazole rings is 1. The van der Waals surface area contributed by atoms with Gasteiger partial charge in [-0.05, 0) is 12.8 Å². The lowest BCUT2D eigenvalue weighted by Crippen LogP contribution is -2.22. The fraction of sp³-hybridized carbons (Fsp3) is 0.583. The van der Waals surface area contributed by atoms with Gasteiger partial charge in [-0.2, -0.15) is 4.98 Å². The van der Waals surface area contributed by atoms with Crippen molar-refractivity contribution in [2.45, 2.75) is 25.2 Å². The Hall–Kier alpha value is -1.97. The lowest BCUT2D eigenvalue weighted by atomic mass is 10.2. The maximum Gasteiger partial charge on any atom is 0.282 e. The molecule has 0 spiro atoms. The van der Waals surface area contributed by atoms with E-state index in [0.717, 1.165) is 20.0 Å². The fourth-order valence-corrected chi connectivity index (χ4v) is 2.30. The molecule has 0 aliphatic carbocycles. The van der Waals surface area contributed by atoms with E-state index in [1.807, 2.05) is 0 Å². The molecule has 0 amide bonds. The first kappa shape index (κ1) is 15.4. The van der Waals surface area contributed by atoms with Gasteiger partial charge >= 0.3 is 0 Å². The van der Waals surface area contributed by atoms with Crippen LogP contribution in [0.15, 0.2) is 11.1 Å². The van der Waals surface area contributed by atoms with Crippen LogP contribution in [0.3, 0.4) is 0 Å². The summed E-state index contributed by atoms with van der Waals surface area (Å²) in [4.78, 5) is 20.3. The van der Waals surface area contributed by atoms with Gasteiger partial charge in [0.15, 0.2) is 11.2 Å². The van der Waals surface area contributed by atoms with Gasteiger partial charge < -0.3 is 20.7 Å². The van der Waals surface area contributed by atoms with E-state index in [0.29, 0.717) is 5.65 Å². The molecule has 2 unspecified atom stereocenters. The molecule has 0 aromatic carbocycles. The number of ether oxygens (including phenoxy) is 1. The van der Waals surface area contributed by atoms with Crippen molar-refractivity contribution in [3.8, 4) is 0 Å². The number of nitrogen functional groups attached to an aromatic ring is 1. The summed E-state index contributed by atoms with van der Waals surface area (Å²) < 4.78 is 8.61. The van der Waals surface area contributed by atoms with E-state index in [9.17, 15) is 4.79 Å². The van der Waals surface area contributed by atoms with Crippen molar-refractivity contribution in [1.82, 2.24) is 19.1 Å². The van der Waals surface area contributed by atoms with Gasteiger partial charge in [0.1, 0.15) is 6.23 Å². The molecule has 9 nitrogen and oxygen atoms in total. The topological polar surface area (TPSA) is 128 Å². The molecule has 2 aromatic heterocycles. The highest BCUT2D eigenvalue weighted by molar-refractivity contribution is 5.70. The highest BCUT2D eigenvalue weighted by Gasteiger charge is 2.28. The molecule has 0 saturated carbocycles. The van der Waals surface area contributed by atoms with E-state index in [2.05, 4.69) is 9.97 Å². The van der Waals surface area contributed by atoms with Crippen LogP contribution in [0.25, 0.3) is 11.2 Å². The summed E-state index contributed by atoms with van der Waals surface area (Å²) in [6.07, 6.45) is 2.60. The molecule has 0 bridgehead atoms. The number of fused-ring (bicyclic) bond motifs is 1. The Morgan fingerprint density at radius 1 is 1.48 bits per heavy atom. The first-order valence-electron chi connectivity index (χ1n) is 6.52. The van der Waals surface area contributed by atoms with Crippen LogP contribution in [-0.4, -0.2) is 49.1 Å². The molecule has 9 heteroatoms. The van der Waals surface area contributed by atoms with Gasteiger partial charge in [-0.15, -0.1) is 0 Å². The number of rotatable bonds is 2. The summed E-state index contributed by atoms with van der Waals surface area (Å²) in [6.45, 7) is -0.0134. The van der Waals surface area contributed by atoms with Crippen molar-refractivity contribution < 1.29 is 14.9 Å². The van der Waals surface area contributed by atoms with Crippen molar-refractivity contribution in [1.29, 1.82) is 0 Å². The number of nitrogens with zero attached hydrogens (tertiary/aromatic N) is 4. The zero-order valence-corrected chi connectivity index (χ0v) is 11.9. The number of aromatic nitrogens is 4. The van der Waals surface area contributed by atoms with Crippen LogP contribution in [0.1, 0.15) is 19.1 Å². The zero-order chi connectivity index (χ0) is 15.6. The minimum absolute atomic E-state index is 0.0134. The molecule has 116 valence electrons. The van der Waals surface area contributed by atoms with Crippen LogP contribution in [0.5, 0.6) is 0 Å². The van der Waals surface area contributed by atoms with Crippen molar-refractivity contribution in [3.63, 3.8) is 0 Å². The van der Waals surface area contributed by atoms with Crippen LogP contribution in [0, 0.1) is 0 Å². The predicted octanol–water partition coefficient (Wildman–Crippen LogP) is -1.01. The van der Waals surface area contributed by atoms with Crippen LogP contribution in [-0.2, 0) is 11.8 Å². The van der Waals surface area contributed by atoms with Crippen LogP contribution in [0.2, 0.25) is 0 Å². The number of aliphatic hydroxyl groups is 2. The molecule has 1 aliphatic heterocycles. The highest BCUT2D eigenvalue weighted by Crippen LogP contribution is 2.29. The van der Waals surface area contributed by atoms with Crippen molar-refractivity contribution in [3.05, 3.63) is 16.7 Å². The summed E-state index contributed by atoms with van der Waals surface area (Å²) in [6, 6.07) is 0. The van der Waals surface area contributed by atoms with E-state index in [-0.39, 0.29) is 36.0 Å². The van der Waals surface area contributed by atoms with Crippen molar-refractivity contribution in [2.75, 3.05) is 19.5 Å².